The number of piperidine rings is 1. The lowest BCUT2D eigenvalue weighted by Crippen LogP contribution is -2.70. The largest absolute Gasteiger partial charge is 0.394 e. The normalized spacial score (nSPS) is 30.8. The standard InChI is InChI=1S/C35H54N6O7/c1-6-35-15-14-20-17-41(25(23(20)35)31(46)39-27(35)26(43)32(47)37-21-12-13-21)33(48)28(34(3,4)5)40-30(45)24(19-10-8-7-9-11-19)38-29(44)22(36)16-18(2)42/h16,19-21,23-28,43H,6-15,17,36H2,1-5H3,(H,37,47)(H,38,44)(H,39,46)(H,40,45)/t20-,23-,24-,25-,26?,27+,28+,35?/m0/s1. The van der Waals surface area contributed by atoms with E-state index in [9.17, 15) is 33.9 Å². The molecule has 5 aliphatic rings. The smallest absolute Gasteiger partial charge is 0.267 e. The van der Waals surface area contributed by atoms with Crippen molar-refractivity contribution in [3.05, 3.63) is 11.8 Å². The van der Waals surface area contributed by atoms with Gasteiger partial charge in [-0.15, -0.1) is 0 Å². The maximum absolute atomic E-state index is 14.6. The first-order chi connectivity index (χ1) is 22.6. The molecule has 5 amide bonds. The maximum atomic E-state index is 14.6. The van der Waals surface area contributed by atoms with Crippen molar-refractivity contribution in [1.82, 2.24) is 26.2 Å². The number of hydrogen-bond donors (Lipinski definition) is 6. The number of ketones is 1. The second-order valence-electron chi connectivity index (χ2n) is 15.9. The highest BCUT2D eigenvalue weighted by Gasteiger charge is 2.67. The van der Waals surface area contributed by atoms with E-state index in [0.29, 0.717) is 25.8 Å². The zero-order chi connectivity index (χ0) is 35.1. The van der Waals surface area contributed by atoms with Gasteiger partial charge in [0.25, 0.3) is 11.8 Å². The van der Waals surface area contributed by atoms with Crippen LogP contribution in [0.3, 0.4) is 0 Å². The molecule has 2 unspecified atom stereocenters. The van der Waals surface area contributed by atoms with E-state index < -0.39 is 70.5 Å². The Kier molecular flexibility index (Phi) is 10.3. The van der Waals surface area contributed by atoms with Gasteiger partial charge in [0.15, 0.2) is 11.9 Å². The molecule has 13 nitrogen and oxygen atoms in total. The van der Waals surface area contributed by atoms with Gasteiger partial charge >= 0.3 is 0 Å². The summed E-state index contributed by atoms with van der Waals surface area (Å²) in [4.78, 5) is 81.6. The summed E-state index contributed by atoms with van der Waals surface area (Å²) in [6, 6.07) is -3.49. The number of aliphatic hydroxyl groups is 1. The second-order valence-corrected chi connectivity index (χ2v) is 15.9. The van der Waals surface area contributed by atoms with Gasteiger partial charge in [0.1, 0.15) is 23.8 Å². The minimum Gasteiger partial charge on any atom is -0.394 e. The molecular formula is C35H54N6O7. The van der Waals surface area contributed by atoms with E-state index >= 15 is 0 Å². The molecule has 0 aromatic rings. The van der Waals surface area contributed by atoms with Gasteiger partial charge < -0.3 is 37.0 Å². The van der Waals surface area contributed by atoms with Crippen molar-refractivity contribution in [2.75, 3.05) is 6.54 Å². The third-order valence-electron chi connectivity index (χ3n) is 11.6. The molecule has 0 bridgehead atoms. The predicted octanol–water partition coefficient (Wildman–Crippen LogP) is 0.785. The van der Waals surface area contributed by atoms with Crippen LogP contribution in [0.5, 0.6) is 0 Å². The Morgan fingerprint density at radius 1 is 1.04 bits per heavy atom. The Hall–Kier alpha value is -3.48. The van der Waals surface area contributed by atoms with Crippen molar-refractivity contribution in [2.45, 2.75) is 135 Å². The molecule has 48 heavy (non-hydrogen) atoms. The van der Waals surface area contributed by atoms with Crippen LogP contribution in [0.2, 0.25) is 0 Å². The summed E-state index contributed by atoms with van der Waals surface area (Å²) in [6.45, 7) is 9.15. The van der Waals surface area contributed by atoms with Crippen molar-refractivity contribution in [1.29, 1.82) is 0 Å². The van der Waals surface area contributed by atoms with Crippen LogP contribution in [0.15, 0.2) is 11.8 Å². The van der Waals surface area contributed by atoms with Crippen molar-refractivity contribution in [3.63, 3.8) is 0 Å². The first-order valence-corrected chi connectivity index (χ1v) is 17.8. The van der Waals surface area contributed by atoms with Gasteiger partial charge in [-0.05, 0) is 74.5 Å². The van der Waals surface area contributed by atoms with Crippen LogP contribution in [0.25, 0.3) is 0 Å². The lowest BCUT2D eigenvalue weighted by molar-refractivity contribution is -0.153. The van der Waals surface area contributed by atoms with Gasteiger partial charge in [0, 0.05) is 24.6 Å². The minimum absolute atomic E-state index is 0.00720. The van der Waals surface area contributed by atoms with Gasteiger partial charge in [0.05, 0.1) is 6.04 Å². The SMILES string of the molecule is CCC12CC[C@H]3CN(C(=O)[C@@H](NC(=O)[C@@H](NC(=O)C(N)=CC(C)=O)C4CCCCC4)C(C)(C)C)[C@H](C(=O)N[C@@H]1C(O)C(=O)NC1CC1)[C@H]32. The van der Waals surface area contributed by atoms with Crippen LogP contribution >= 0.6 is 0 Å². The highest BCUT2D eigenvalue weighted by molar-refractivity contribution is 6.02. The number of nitrogens with one attached hydrogen (secondary N) is 4. The second kappa shape index (κ2) is 13.8. The van der Waals surface area contributed by atoms with E-state index in [-0.39, 0.29) is 35.4 Å². The summed E-state index contributed by atoms with van der Waals surface area (Å²) in [7, 11) is 0. The summed E-state index contributed by atoms with van der Waals surface area (Å²) >= 11 is 0. The number of likely N-dealkylation sites (tertiary alicyclic amines) is 1. The van der Waals surface area contributed by atoms with E-state index in [2.05, 4.69) is 21.3 Å². The number of hydrogen-bond acceptors (Lipinski definition) is 8. The summed E-state index contributed by atoms with van der Waals surface area (Å²) in [5.41, 5.74) is 4.24. The molecule has 2 saturated heterocycles. The fourth-order valence-electron chi connectivity index (χ4n) is 9.00. The zero-order valence-electron chi connectivity index (χ0n) is 29.0. The summed E-state index contributed by atoms with van der Waals surface area (Å²) in [6.07, 6.45) is 7.72. The van der Waals surface area contributed by atoms with Crippen molar-refractivity contribution in [2.24, 2.45) is 34.3 Å². The molecule has 3 saturated carbocycles. The van der Waals surface area contributed by atoms with Gasteiger partial charge in [-0.25, -0.2) is 0 Å². The monoisotopic (exact) mass is 670 g/mol. The third-order valence-corrected chi connectivity index (χ3v) is 11.6. The molecule has 2 aliphatic heterocycles. The molecule has 5 rings (SSSR count). The number of rotatable bonds is 11. The number of amides is 5. The number of carbonyl (C=O) groups excluding carboxylic acids is 6. The predicted molar refractivity (Wildman–Crippen MR) is 176 cm³/mol. The maximum Gasteiger partial charge on any atom is 0.267 e. The van der Waals surface area contributed by atoms with Crippen LogP contribution in [-0.2, 0) is 28.8 Å². The van der Waals surface area contributed by atoms with Crippen LogP contribution in [0.4, 0.5) is 0 Å². The van der Waals surface area contributed by atoms with Gasteiger partial charge in [0.2, 0.25) is 17.7 Å². The molecule has 0 aromatic heterocycles. The van der Waals surface area contributed by atoms with Crippen molar-refractivity contribution >= 4 is 35.3 Å². The molecule has 266 valence electrons. The van der Waals surface area contributed by atoms with E-state index in [0.717, 1.165) is 51.0 Å². The van der Waals surface area contributed by atoms with Crippen molar-refractivity contribution in [3.8, 4) is 0 Å². The van der Waals surface area contributed by atoms with Gasteiger partial charge in [-0.1, -0.05) is 47.0 Å². The third kappa shape index (κ3) is 6.97. The average Bonchev–Trinajstić information content (AvgIpc) is 3.64. The van der Waals surface area contributed by atoms with Crippen LogP contribution in [-0.4, -0.2) is 88.2 Å². The quantitative estimate of drug-likeness (QED) is 0.173. The Balaban J connectivity index is 1.38. The minimum atomic E-state index is -1.40. The van der Waals surface area contributed by atoms with E-state index in [1.165, 1.54) is 6.92 Å². The lowest BCUT2D eigenvalue weighted by Gasteiger charge is -2.50. The summed E-state index contributed by atoms with van der Waals surface area (Å²) in [5, 5.41) is 22.8. The molecule has 0 aromatic carbocycles. The summed E-state index contributed by atoms with van der Waals surface area (Å²) in [5.74, 6) is -3.30. The van der Waals surface area contributed by atoms with E-state index in [1.54, 1.807) is 4.90 Å². The lowest BCUT2D eigenvalue weighted by atomic mass is 9.62. The number of aliphatic hydroxyl groups excluding tert-OH is 1. The Morgan fingerprint density at radius 3 is 2.29 bits per heavy atom. The van der Waals surface area contributed by atoms with Gasteiger partial charge in [-0.2, -0.15) is 0 Å². The van der Waals surface area contributed by atoms with Crippen LogP contribution in [0.1, 0.15) is 98.8 Å². The number of nitrogens with zero attached hydrogens (tertiary/aromatic N) is 1. The molecule has 7 N–H and O–H groups in total. The number of allylic oxidation sites excluding steroid dienone is 1. The molecule has 0 spiro atoms. The summed E-state index contributed by atoms with van der Waals surface area (Å²) < 4.78 is 0. The van der Waals surface area contributed by atoms with E-state index in [1.807, 2.05) is 27.7 Å². The highest BCUT2D eigenvalue weighted by atomic mass is 16.3. The molecule has 0 radical (unpaired) electrons. The number of nitrogens with two attached hydrogens (primary N) is 1. The fraction of sp³-hybridized carbons (Fsp3) is 0.771. The van der Waals surface area contributed by atoms with Gasteiger partial charge in [-0.3, -0.25) is 28.8 Å². The molecule has 8 atom stereocenters. The molecule has 5 fully saturated rings. The Bertz CT molecular complexity index is 1350. The molecule has 2 heterocycles. The highest BCUT2D eigenvalue weighted by Crippen LogP contribution is 2.59. The molecule has 13 heteroatoms. The fourth-order valence-corrected chi connectivity index (χ4v) is 9.00. The van der Waals surface area contributed by atoms with Crippen LogP contribution in [0, 0.1) is 28.6 Å². The van der Waals surface area contributed by atoms with Crippen LogP contribution < -0.4 is 27.0 Å². The van der Waals surface area contributed by atoms with E-state index in [4.69, 9.17) is 5.73 Å². The molecule has 3 aliphatic carbocycles. The topological polar surface area (TPSA) is 200 Å². The Morgan fingerprint density at radius 2 is 1.71 bits per heavy atom. The first kappa shape index (κ1) is 35.8. The average molecular weight is 671 g/mol. The first-order valence-electron chi connectivity index (χ1n) is 17.8. The zero-order valence-corrected chi connectivity index (χ0v) is 29.0. The molecular weight excluding hydrogens is 616 g/mol. The Labute approximate surface area is 282 Å². The van der Waals surface area contributed by atoms with Crippen molar-refractivity contribution < 1.29 is 33.9 Å². The number of carbonyl (C=O) groups is 6.